The minimum atomic E-state index is -1.48. The van der Waals surface area contributed by atoms with Gasteiger partial charge in [-0.25, -0.2) is 4.79 Å². The van der Waals surface area contributed by atoms with Crippen molar-refractivity contribution >= 4 is 5.97 Å². The molecule has 17 heavy (non-hydrogen) atoms. The van der Waals surface area contributed by atoms with Gasteiger partial charge >= 0.3 is 5.97 Å². The van der Waals surface area contributed by atoms with E-state index in [0.29, 0.717) is 0 Å². The molecule has 0 spiro atoms. The molecule has 0 aliphatic heterocycles. The third-order valence-corrected chi connectivity index (χ3v) is 2.09. The lowest BCUT2D eigenvalue weighted by molar-refractivity contribution is -0.152. The maximum atomic E-state index is 11.2. The highest BCUT2D eigenvalue weighted by Crippen LogP contribution is 2.11. The van der Waals surface area contributed by atoms with Crippen molar-refractivity contribution in [2.75, 3.05) is 6.73 Å². The van der Waals surface area contributed by atoms with Gasteiger partial charge in [-0.05, 0) is 32.9 Å². The van der Waals surface area contributed by atoms with Crippen LogP contribution in [0.25, 0.3) is 0 Å². The van der Waals surface area contributed by atoms with Crippen LogP contribution in [0.4, 0.5) is 0 Å². The van der Waals surface area contributed by atoms with E-state index in [-0.39, 0.29) is 12.3 Å². The molecule has 0 aliphatic carbocycles. The van der Waals surface area contributed by atoms with E-state index in [1.165, 1.54) is 13.3 Å². The van der Waals surface area contributed by atoms with Gasteiger partial charge in [0.25, 0.3) is 0 Å². The Hall–Kier alpha value is -1.54. The number of carbonyl (C=O) groups is 1. The molecule has 1 unspecified atom stereocenters. The summed E-state index contributed by atoms with van der Waals surface area (Å²) in [5.74, 6) is -1.12. The van der Waals surface area contributed by atoms with Crippen molar-refractivity contribution in [2.24, 2.45) is 0 Å². The summed E-state index contributed by atoms with van der Waals surface area (Å²) in [4.78, 5) is 12.2. The number of aromatic nitrogens is 4. The van der Waals surface area contributed by atoms with Crippen LogP contribution >= 0.6 is 0 Å². The monoisotopic (exact) mass is 243 g/mol. The molecule has 0 aromatic carbocycles. The second-order valence-corrected chi connectivity index (χ2v) is 4.68. The van der Waals surface area contributed by atoms with Gasteiger partial charge in [0, 0.05) is 0 Å². The first kappa shape index (κ1) is 13.5. The Bertz CT molecular complexity index is 372. The zero-order chi connectivity index (χ0) is 13.1. The molecule has 1 aromatic rings. The fourth-order valence-electron chi connectivity index (χ4n) is 0.997. The number of carboxylic acids is 1. The Morgan fingerprint density at radius 2 is 2.12 bits per heavy atom. The van der Waals surface area contributed by atoms with Crippen molar-refractivity contribution in [3.05, 3.63) is 6.33 Å². The third-order valence-electron chi connectivity index (χ3n) is 2.09. The van der Waals surface area contributed by atoms with Gasteiger partial charge in [0.2, 0.25) is 5.66 Å². The molecular formula is C9H17N5O3. The molecule has 0 saturated heterocycles. The molecule has 1 heterocycles. The first-order valence-electron chi connectivity index (χ1n) is 5.11. The average Bonchev–Trinajstić information content (AvgIpc) is 2.67. The lowest BCUT2D eigenvalue weighted by atomic mass is 10.2. The molecule has 1 atom stereocenters. The van der Waals surface area contributed by atoms with Crippen LogP contribution in [0.2, 0.25) is 0 Å². The first-order valence-corrected chi connectivity index (χ1v) is 5.11. The van der Waals surface area contributed by atoms with Gasteiger partial charge < -0.3 is 9.84 Å². The number of aliphatic carboxylic acids is 1. The molecule has 8 heteroatoms. The van der Waals surface area contributed by atoms with Gasteiger partial charge in [-0.2, -0.15) is 0 Å². The van der Waals surface area contributed by atoms with Crippen LogP contribution in [0.15, 0.2) is 6.33 Å². The lowest BCUT2D eigenvalue weighted by Gasteiger charge is -2.27. The van der Waals surface area contributed by atoms with Gasteiger partial charge in [-0.1, -0.05) is 0 Å². The number of carboxylic acid groups (broad SMARTS) is 1. The second-order valence-electron chi connectivity index (χ2n) is 4.68. The van der Waals surface area contributed by atoms with Crippen molar-refractivity contribution in [2.45, 2.75) is 39.0 Å². The second kappa shape index (κ2) is 4.76. The van der Waals surface area contributed by atoms with E-state index in [4.69, 9.17) is 4.74 Å². The normalized spacial score (nSPS) is 15.5. The molecular weight excluding hydrogens is 226 g/mol. The largest absolute Gasteiger partial charge is 0.478 e. The van der Waals surface area contributed by atoms with E-state index in [9.17, 15) is 9.90 Å². The van der Waals surface area contributed by atoms with Crippen molar-refractivity contribution in [3.63, 3.8) is 0 Å². The number of hydrogen-bond donors (Lipinski definition) is 2. The predicted molar refractivity (Wildman–Crippen MR) is 57.9 cm³/mol. The van der Waals surface area contributed by atoms with Crippen LogP contribution in [0.5, 0.6) is 0 Å². The van der Waals surface area contributed by atoms with E-state index >= 15 is 0 Å². The highest BCUT2D eigenvalue weighted by molar-refractivity contribution is 5.75. The predicted octanol–water partition coefficient (Wildman–Crippen LogP) is -0.207. The quantitative estimate of drug-likeness (QED) is 0.690. The molecule has 1 aromatic heterocycles. The molecule has 8 nitrogen and oxygen atoms in total. The Labute approximate surface area is 99.0 Å². The van der Waals surface area contributed by atoms with Crippen LogP contribution < -0.4 is 5.32 Å². The number of rotatable bonds is 5. The number of hydrogen-bond acceptors (Lipinski definition) is 6. The van der Waals surface area contributed by atoms with Crippen molar-refractivity contribution in [3.8, 4) is 0 Å². The van der Waals surface area contributed by atoms with Crippen LogP contribution in [0, 0.1) is 0 Å². The number of tetrazole rings is 1. The third kappa shape index (κ3) is 3.46. The molecule has 96 valence electrons. The van der Waals surface area contributed by atoms with Crippen molar-refractivity contribution in [1.29, 1.82) is 0 Å². The van der Waals surface area contributed by atoms with Gasteiger partial charge in [-0.15, -0.1) is 15.0 Å². The minimum Gasteiger partial charge on any atom is -0.478 e. The van der Waals surface area contributed by atoms with Gasteiger partial charge in [0.05, 0.1) is 12.3 Å². The fourth-order valence-corrected chi connectivity index (χ4v) is 0.997. The minimum absolute atomic E-state index is 0.0633. The summed E-state index contributed by atoms with van der Waals surface area (Å²) >= 11 is 0. The molecule has 2 N–H and O–H groups in total. The fraction of sp³-hybridized carbons (Fsp3) is 0.778. The Kier molecular flexibility index (Phi) is 3.79. The number of ether oxygens (including phenoxy) is 1. The summed E-state index contributed by atoms with van der Waals surface area (Å²) in [5.41, 5.74) is -1.84. The smallest absolute Gasteiger partial charge is 0.348 e. The summed E-state index contributed by atoms with van der Waals surface area (Å²) < 4.78 is 5.41. The van der Waals surface area contributed by atoms with Crippen LogP contribution in [-0.2, 0) is 15.2 Å². The Morgan fingerprint density at radius 1 is 1.47 bits per heavy atom. The number of nitrogens with zero attached hydrogens (tertiary/aromatic N) is 4. The molecule has 1 rings (SSSR count). The summed E-state index contributed by atoms with van der Waals surface area (Å²) in [7, 11) is 0. The van der Waals surface area contributed by atoms with Gasteiger partial charge in [0.15, 0.2) is 6.33 Å². The molecule has 0 amide bonds. The lowest BCUT2D eigenvalue weighted by Crippen LogP contribution is -2.54. The average molecular weight is 243 g/mol. The molecule has 0 bridgehead atoms. The summed E-state index contributed by atoms with van der Waals surface area (Å²) in [6, 6.07) is 0. The Morgan fingerprint density at radius 3 is 2.53 bits per heavy atom. The first-order chi connectivity index (χ1) is 7.76. The topological polar surface area (TPSA) is 102 Å². The summed E-state index contributed by atoms with van der Waals surface area (Å²) in [5, 5.41) is 22.7. The zero-order valence-corrected chi connectivity index (χ0v) is 10.3. The van der Waals surface area contributed by atoms with Crippen LogP contribution in [0.3, 0.4) is 0 Å². The molecule has 0 saturated carbocycles. The summed E-state index contributed by atoms with van der Waals surface area (Å²) in [6.07, 6.45) is 1.17. The van der Waals surface area contributed by atoms with E-state index in [1.54, 1.807) is 0 Å². The van der Waals surface area contributed by atoms with Crippen molar-refractivity contribution < 1.29 is 14.6 Å². The summed E-state index contributed by atoms with van der Waals surface area (Å²) in [6.45, 7) is 7.12. The van der Waals surface area contributed by atoms with Crippen molar-refractivity contribution in [1.82, 2.24) is 25.5 Å². The zero-order valence-electron chi connectivity index (χ0n) is 10.3. The van der Waals surface area contributed by atoms with E-state index in [1.807, 2.05) is 20.8 Å². The van der Waals surface area contributed by atoms with Crippen LogP contribution in [-0.4, -0.2) is 43.6 Å². The van der Waals surface area contributed by atoms with E-state index in [0.717, 1.165) is 4.80 Å². The molecule has 0 radical (unpaired) electrons. The maximum Gasteiger partial charge on any atom is 0.348 e. The van der Waals surface area contributed by atoms with Gasteiger partial charge in [-0.3, -0.25) is 5.32 Å². The molecule has 0 aliphatic rings. The number of nitrogens with one attached hydrogen (secondary N) is 1. The van der Waals surface area contributed by atoms with Gasteiger partial charge in [0.1, 0.15) is 0 Å². The highest BCUT2D eigenvalue weighted by Gasteiger charge is 2.37. The van der Waals surface area contributed by atoms with E-state index in [2.05, 4.69) is 20.7 Å². The molecule has 0 fully saturated rings. The maximum absolute atomic E-state index is 11.2. The SMILES string of the molecule is CC(C)(C)OCNC(C)(C(=O)O)n1ncnn1. The Balaban J connectivity index is 2.71. The van der Waals surface area contributed by atoms with Crippen LogP contribution in [0.1, 0.15) is 27.7 Å². The van der Waals surface area contributed by atoms with E-state index < -0.39 is 11.6 Å². The standard InChI is InChI=1S/C9H17N5O3/c1-8(2,3)17-6-10-9(4,7(15)16)14-12-5-11-13-14/h5,10H,6H2,1-4H3,(H,15,16). The highest BCUT2D eigenvalue weighted by atomic mass is 16.5.